The molecule has 8 heteroatoms. The standard InChI is InChI=1S/C22H30F3NO4/c1-3-14-30-18(22(23,24)25)16-4-6-17(7-5-16)26-13-12-20(19(26)27)8-10-21(28,11-9-20)15-29-2/h4-7,18,28H,3,8-15H2,1-2H3/t18-,20?,21?/m1/s1. The van der Waals surface area contributed by atoms with Crippen LogP contribution in [0.1, 0.15) is 57.1 Å². The average Bonchev–Trinajstić information content (AvgIpc) is 3.01. The zero-order valence-electron chi connectivity index (χ0n) is 17.5. The second kappa shape index (κ2) is 8.85. The lowest BCUT2D eigenvalue weighted by Crippen LogP contribution is -2.45. The fraction of sp³-hybridized carbons (Fsp3) is 0.682. The van der Waals surface area contributed by atoms with E-state index in [-0.39, 0.29) is 24.7 Å². The van der Waals surface area contributed by atoms with Crippen molar-refractivity contribution < 1.29 is 32.5 Å². The maximum atomic E-state index is 13.3. The van der Waals surface area contributed by atoms with Crippen molar-refractivity contribution in [1.29, 1.82) is 0 Å². The number of benzene rings is 1. The Balaban J connectivity index is 1.71. The Bertz CT molecular complexity index is 727. The van der Waals surface area contributed by atoms with E-state index in [4.69, 9.17) is 9.47 Å². The minimum absolute atomic E-state index is 0.00989. The van der Waals surface area contributed by atoms with Gasteiger partial charge >= 0.3 is 6.18 Å². The molecule has 1 aliphatic carbocycles. The van der Waals surface area contributed by atoms with Crippen molar-refractivity contribution in [2.45, 2.75) is 63.3 Å². The van der Waals surface area contributed by atoms with Crippen molar-refractivity contribution in [3.8, 4) is 0 Å². The summed E-state index contributed by atoms with van der Waals surface area (Å²) in [6.07, 6.45) is -3.11. The maximum Gasteiger partial charge on any atom is 0.418 e. The highest BCUT2D eigenvalue weighted by molar-refractivity contribution is 6.00. The van der Waals surface area contributed by atoms with E-state index < -0.39 is 23.3 Å². The SMILES string of the molecule is CCCO[C@H](c1ccc(N2CCC3(CCC(O)(COC)CC3)C2=O)cc1)C(F)(F)F. The van der Waals surface area contributed by atoms with Gasteiger partial charge in [-0.1, -0.05) is 19.1 Å². The van der Waals surface area contributed by atoms with Crippen LogP contribution in [0.2, 0.25) is 0 Å². The third kappa shape index (κ3) is 4.65. The molecule has 2 fully saturated rings. The molecule has 1 amide bonds. The van der Waals surface area contributed by atoms with Gasteiger partial charge in [0.2, 0.25) is 5.91 Å². The third-order valence-electron chi connectivity index (χ3n) is 6.36. The molecule has 2 aliphatic rings. The highest BCUT2D eigenvalue weighted by Crippen LogP contribution is 2.48. The largest absolute Gasteiger partial charge is 0.418 e. The zero-order valence-corrected chi connectivity index (χ0v) is 17.5. The van der Waals surface area contributed by atoms with E-state index in [0.717, 1.165) is 0 Å². The number of alkyl halides is 3. The minimum atomic E-state index is -4.49. The molecule has 1 heterocycles. The number of aliphatic hydroxyl groups is 1. The van der Waals surface area contributed by atoms with Crippen molar-refractivity contribution in [3.05, 3.63) is 29.8 Å². The van der Waals surface area contributed by atoms with E-state index in [2.05, 4.69) is 0 Å². The lowest BCUT2D eigenvalue weighted by Gasteiger charge is -2.40. The van der Waals surface area contributed by atoms with Gasteiger partial charge in [0, 0.05) is 25.9 Å². The molecule has 1 aromatic rings. The summed E-state index contributed by atoms with van der Waals surface area (Å²) in [6.45, 7) is 2.56. The third-order valence-corrected chi connectivity index (χ3v) is 6.36. The number of amides is 1. The summed E-state index contributed by atoms with van der Waals surface area (Å²) in [4.78, 5) is 14.8. The van der Waals surface area contributed by atoms with E-state index in [1.807, 2.05) is 0 Å². The molecular formula is C22H30F3NO4. The number of rotatable bonds is 7. The summed E-state index contributed by atoms with van der Waals surface area (Å²) in [5, 5.41) is 10.5. The smallest absolute Gasteiger partial charge is 0.387 e. The first kappa shape index (κ1) is 23.0. The summed E-state index contributed by atoms with van der Waals surface area (Å²) in [5.74, 6) is -0.00989. The molecular weight excluding hydrogens is 399 g/mol. The minimum Gasteiger partial charge on any atom is -0.387 e. The molecule has 168 valence electrons. The van der Waals surface area contributed by atoms with E-state index in [9.17, 15) is 23.1 Å². The van der Waals surface area contributed by atoms with E-state index >= 15 is 0 Å². The molecule has 3 rings (SSSR count). The number of nitrogens with zero attached hydrogens (tertiary/aromatic N) is 1. The Morgan fingerprint density at radius 3 is 2.30 bits per heavy atom. The Labute approximate surface area is 175 Å². The molecule has 1 saturated heterocycles. The molecule has 30 heavy (non-hydrogen) atoms. The molecule has 1 N–H and O–H groups in total. The van der Waals surface area contributed by atoms with Crippen molar-refractivity contribution in [1.82, 2.24) is 0 Å². The zero-order chi connectivity index (χ0) is 22.0. The van der Waals surface area contributed by atoms with Crippen molar-refractivity contribution in [2.75, 3.05) is 31.8 Å². The second-order valence-corrected chi connectivity index (χ2v) is 8.53. The molecule has 0 unspecified atom stereocenters. The van der Waals surface area contributed by atoms with Crippen LogP contribution in [0.3, 0.4) is 0 Å². The number of ether oxygens (including phenoxy) is 2. The van der Waals surface area contributed by atoms with Gasteiger partial charge in [-0.25, -0.2) is 0 Å². The Morgan fingerprint density at radius 1 is 1.13 bits per heavy atom. The quantitative estimate of drug-likeness (QED) is 0.698. The Morgan fingerprint density at radius 2 is 1.77 bits per heavy atom. The van der Waals surface area contributed by atoms with Crippen LogP contribution in [0.4, 0.5) is 18.9 Å². The first-order valence-corrected chi connectivity index (χ1v) is 10.5. The fourth-order valence-corrected chi connectivity index (χ4v) is 4.58. The molecule has 1 aromatic carbocycles. The molecule has 0 radical (unpaired) electrons. The number of carbonyl (C=O) groups excluding carboxylic acids is 1. The van der Waals surface area contributed by atoms with Crippen LogP contribution in [-0.4, -0.2) is 49.7 Å². The second-order valence-electron chi connectivity index (χ2n) is 8.53. The summed E-state index contributed by atoms with van der Waals surface area (Å²) in [6, 6.07) is 5.90. The number of halogens is 3. The van der Waals surface area contributed by atoms with E-state index in [0.29, 0.717) is 50.8 Å². The van der Waals surface area contributed by atoms with Crippen LogP contribution < -0.4 is 4.90 Å². The van der Waals surface area contributed by atoms with Gasteiger partial charge in [-0.3, -0.25) is 4.79 Å². The number of hydrogen-bond donors (Lipinski definition) is 1. The average molecular weight is 429 g/mol. The van der Waals surface area contributed by atoms with Gasteiger partial charge in [-0.05, 0) is 56.2 Å². The highest BCUT2D eigenvalue weighted by Gasteiger charge is 2.51. The highest BCUT2D eigenvalue weighted by atomic mass is 19.4. The van der Waals surface area contributed by atoms with Gasteiger partial charge in [0.05, 0.1) is 17.6 Å². The first-order valence-electron chi connectivity index (χ1n) is 10.5. The normalized spacial score (nSPS) is 28.3. The number of carbonyl (C=O) groups is 1. The van der Waals surface area contributed by atoms with E-state index in [1.54, 1.807) is 31.1 Å². The van der Waals surface area contributed by atoms with Crippen LogP contribution in [-0.2, 0) is 14.3 Å². The summed E-state index contributed by atoms with van der Waals surface area (Å²) >= 11 is 0. The predicted octanol–water partition coefficient (Wildman–Crippen LogP) is 4.39. The van der Waals surface area contributed by atoms with Gasteiger partial charge in [-0.15, -0.1) is 0 Å². The van der Waals surface area contributed by atoms with Crippen LogP contribution in [0.15, 0.2) is 24.3 Å². The van der Waals surface area contributed by atoms with Gasteiger partial charge in [0.25, 0.3) is 0 Å². The topological polar surface area (TPSA) is 59.0 Å². The Hall–Kier alpha value is -1.64. The molecule has 1 atom stereocenters. The van der Waals surface area contributed by atoms with Crippen molar-refractivity contribution in [3.63, 3.8) is 0 Å². The van der Waals surface area contributed by atoms with Gasteiger partial charge in [0.1, 0.15) is 0 Å². The van der Waals surface area contributed by atoms with Gasteiger partial charge < -0.3 is 19.5 Å². The molecule has 0 aromatic heterocycles. The van der Waals surface area contributed by atoms with Crippen LogP contribution in [0.25, 0.3) is 0 Å². The van der Waals surface area contributed by atoms with Crippen molar-refractivity contribution >= 4 is 11.6 Å². The molecule has 0 bridgehead atoms. The number of hydrogen-bond acceptors (Lipinski definition) is 4. The molecule has 5 nitrogen and oxygen atoms in total. The van der Waals surface area contributed by atoms with Crippen LogP contribution >= 0.6 is 0 Å². The van der Waals surface area contributed by atoms with Gasteiger partial charge in [-0.2, -0.15) is 13.2 Å². The number of anilines is 1. The molecule has 1 saturated carbocycles. The molecule has 1 spiro atoms. The monoisotopic (exact) mass is 429 g/mol. The van der Waals surface area contributed by atoms with Crippen LogP contribution in [0, 0.1) is 5.41 Å². The molecule has 1 aliphatic heterocycles. The van der Waals surface area contributed by atoms with Crippen LogP contribution in [0.5, 0.6) is 0 Å². The summed E-state index contributed by atoms with van der Waals surface area (Å²) in [7, 11) is 1.55. The van der Waals surface area contributed by atoms with E-state index in [1.165, 1.54) is 12.1 Å². The lowest BCUT2D eigenvalue weighted by atomic mass is 9.68. The summed E-state index contributed by atoms with van der Waals surface area (Å²) in [5.41, 5.74) is -0.768. The Kier molecular flexibility index (Phi) is 6.79. The lowest BCUT2D eigenvalue weighted by molar-refractivity contribution is -0.223. The maximum absolute atomic E-state index is 13.3. The van der Waals surface area contributed by atoms with Crippen molar-refractivity contribution in [2.24, 2.45) is 5.41 Å². The van der Waals surface area contributed by atoms with Gasteiger partial charge in [0.15, 0.2) is 6.10 Å². The number of methoxy groups -OCH3 is 1. The summed E-state index contributed by atoms with van der Waals surface area (Å²) < 4.78 is 50.1. The predicted molar refractivity (Wildman–Crippen MR) is 106 cm³/mol. The fourth-order valence-electron chi connectivity index (χ4n) is 4.58. The first-order chi connectivity index (χ1) is 14.1.